The summed E-state index contributed by atoms with van der Waals surface area (Å²) in [6.07, 6.45) is 0. The fourth-order valence-electron chi connectivity index (χ4n) is 2.18. The van der Waals surface area contributed by atoms with Crippen molar-refractivity contribution in [3.05, 3.63) is 70.7 Å². The van der Waals surface area contributed by atoms with Crippen molar-refractivity contribution in [2.24, 2.45) is 0 Å². The molecule has 2 rings (SSSR count). The Hall–Kier alpha value is -2.00. The molecule has 1 N–H and O–H groups in total. The van der Waals surface area contributed by atoms with Crippen LogP contribution in [-0.4, -0.2) is 17.0 Å². The van der Waals surface area contributed by atoms with Gasteiger partial charge in [-0.2, -0.15) is 0 Å². The number of hydrogen-bond donors (Lipinski definition) is 1. The molecule has 0 spiro atoms. The van der Waals surface area contributed by atoms with E-state index < -0.39 is 0 Å². The van der Waals surface area contributed by atoms with Crippen molar-refractivity contribution in [2.45, 2.75) is 33.0 Å². The summed E-state index contributed by atoms with van der Waals surface area (Å²) in [5.74, 6) is 0. The second kappa shape index (κ2) is 7.85. The van der Waals surface area contributed by atoms with E-state index in [1.807, 2.05) is 73.3 Å². The highest BCUT2D eigenvalue weighted by Crippen LogP contribution is 2.15. The maximum atomic E-state index is 12.4. The Kier molecular flexibility index (Phi) is 5.84. The Morgan fingerprint density at radius 3 is 2.36 bits per heavy atom. The van der Waals surface area contributed by atoms with Gasteiger partial charge in [-0.1, -0.05) is 60.1 Å². The van der Waals surface area contributed by atoms with Gasteiger partial charge in [0.25, 0.3) is 0 Å². The Labute approximate surface area is 136 Å². The Morgan fingerprint density at radius 1 is 1.09 bits per heavy atom. The predicted molar refractivity (Wildman–Crippen MR) is 90.8 cm³/mol. The first kappa shape index (κ1) is 16.4. The quantitative estimate of drug-likeness (QED) is 0.867. The lowest BCUT2D eigenvalue weighted by atomic mass is 10.2. The Balaban J connectivity index is 2.00. The number of benzene rings is 2. The molecule has 0 aromatic heterocycles. The Bertz CT molecular complexity index is 613. The van der Waals surface area contributed by atoms with Crippen LogP contribution in [0.4, 0.5) is 4.79 Å². The van der Waals surface area contributed by atoms with Crippen molar-refractivity contribution < 1.29 is 4.79 Å². The maximum Gasteiger partial charge on any atom is 0.318 e. The molecule has 116 valence electrons. The van der Waals surface area contributed by atoms with Gasteiger partial charge in [0.15, 0.2) is 0 Å². The van der Waals surface area contributed by atoms with Crippen molar-refractivity contribution in [1.82, 2.24) is 10.2 Å². The molecule has 0 radical (unpaired) electrons. The molecule has 0 unspecified atom stereocenters. The number of amides is 2. The second-order valence-corrected chi connectivity index (χ2v) is 5.86. The molecule has 0 aliphatic carbocycles. The van der Waals surface area contributed by atoms with Crippen LogP contribution < -0.4 is 5.32 Å². The number of carbonyl (C=O) groups excluding carboxylic acids is 1. The highest BCUT2D eigenvalue weighted by Gasteiger charge is 2.17. The van der Waals surface area contributed by atoms with E-state index in [4.69, 9.17) is 11.6 Å². The molecule has 0 aliphatic heterocycles. The van der Waals surface area contributed by atoms with E-state index in [2.05, 4.69) is 5.32 Å². The van der Waals surface area contributed by atoms with Crippen molar-refractivity contribution >= 4 is 17.6 Å². The molecule has 2 amide bonds. The summed E-state index contributed by atoms with van der Waals surface area (Å²) < 4.78 is 0. The summed E-state index contributed by atoms with van der Waals surface area (Å²) in [5.41, 5.74) is 2.03. The summed E-state index contributed by atoms with van der Waals surface area (Å²) in [7, 11) is 0. The Morgan fingerprint density at radius 2 is 1.73 bits per heavy atom. The van der Waals surface area contributed by atoms with Crippen molar-refractivity contribution in [1.29, 1.82) is 0 Å². The highest BCUT2D eigenvalue weighted by molar-refractivity contribution is 6.31. The fourth-order valence-corrected chi connectivity index (χ4v) is 2.39. The average molecular weight is 317 g/mol. The van der Waals surface area contributed by atoms with Gasteiger partial charge in [0.05, 0.1) is 0 Å². The van der Waals surface area contributed by atoms with Crippen molar-refractivity contribution in [3.63, 3.8) is 0 Å². The molecule has 3 nitrogen and oxygen atoms in total. The fraction of sp³-hybridized carbons (Fsp3) is 0.278. The number of carbonyl (C=O) groups is 1. The molecule has 4 heteroatoms. The van der Waals surface area contributed by atoms with Crippen LogP contribution in [-0.2, 0) is 13.1 Å². The van der Waals surface area contributed by atoms with E-state index >= 15 is 0 Å². The number of nitrogens with one attached hydrogen (secondary N) is 1. The topological polar surface area (TPSA) is 32.3 Å². The van der Waals surface area contributed by atoms with Crippen LogP contribution in [0.1, 0.15) is 25.0 Å². The normalized spacial score (nSPS) is 10.5. The summed E-state index contributed by atoms with van der Waals surface area (Å²) in [5, 5.41) is 3.61. The van der Waals surface area contributed by atoms with Crippen LogP contribution in [0.5, 0.6) is 0 Å². The molecule has 0 saturated heterocycles. The molecular weight excluding hydrogens is 296 g/mol. The van der Waals surface area contributed by atoms with E-state index in [0.29, 0.717) is 18.1 Å². The summed E-state index contributed by atoms with van der Waals surface area (Å²) in [4.78, 5) is 14.3. The molecule has 0 bridgehead atoms. The van der Waals surface area contributed by atoms with Crippen molar-refractivity contribution in [3.8, 4) is 0 Å². The first-order valence-electron chi connectivity index (χ1n) is 7.39. The van der Waals surface area contributed by atoms with E-state index in [1.54, 1.807) is 0 Å². The predicted octanol–water partition coefficient (Wildman–Crippen LogP) is 4.46. The standard InChI is InChI=1S/C18H21ClN2O/c1-14(2)21(13-15-8-4-3-5-9-15)18(22)20-12-16-10-6-7-11-17(16)19/h3-11,14H,12-13H2,1-2H3,(H,20,22). The van der Waals surface area contributed by atoms with Gasteiger partial charge in [-0.25, -0.2) is 4.79 Å². The van der Waals surface area contributed by atoms with Gasteiger partial charge in [0, 0.05) is 24.2 Å². The van der Waals surface area contributed by atoms with E-state index in [1.165, 1.54) is 0 Å². The number of nitrogens with zero attached hydrogens (tertiary/aromatic N) is 1. The lowest BCUT2D eigenvalue weighted by Crippen LogP contribution is -2.43. The van der Waals surface area contributed by atoms with Gasteiger partial charge in [0.2, 0.25) is 0 Å². The van der Waals surface area contributed by atoms with E-state index in [-0.39, 0.29) is 12.1 Å². The first-order chi connectivity index (χ1) is 10.6. The second-order valence-electron chi connectivity index (χ2n) is 5.46. The molecule has 0 heterocycles. The molecule has 0 fully saturated rings. The lowest BCUT2D eigenvalue weighted by molar-refractivity contribution is 0.179. The highest BCUT2D eigenvalue weighted by atomic mass is 35.5. The zero-order valence-corrected chi connectivity index (χ0v) is 13.7. The van der Waals surface area contributed by atoms with Crippen LogP contribution in [0.15, 0.2) is 54.6 Å². The molecule has 22 heavy (non-hydrogen) atoms. The van der Waals surface area contributed by atoms with Gasteiger partial charge in [0.1, 0.15) is 0 Å². The zero-order chi connectivity index (χ0) is 15.9. The summed E-state index contributed by atoms with van der Waals surface area (Å²) in [6.45, 7) is 5.04. The number of urea groups is 1. The molecular formula is C18H21ClN2O. The van der Waals surface area contributed by atoms with E-state index in [9.17, 15) is 4.79 Å². The van der Waals surface area contributed by atoms with Crippen LogP contribution in [0, 0.1) is 0 Å². The van der Waals surface area contributed by atoms with Crippen LogP contribution in [0.25, 0.3) is 0 Å². The third-order valence-corrected chi connectivity index (χ3v) is 3.84. The van der Waals surface area contributed by atoms with Crippen molar-refractivity contribution in [2.75, 3.05) is 0 Å². The number of halogens is 1. The molecule has 0 aliphatic rings. The van der Waals surface area contributed by atoms with Crippen LogP contribution in [0.2, 0.25) is 5.02 Å². The number of rotatable bonds is 5. The third-order valence-electron chi connectivity index (χ3n) is 3.47. The monoisotopic (exact) mass is 316 g/mol. The van der Waals surface area contributed by atoms with Gasteiger partial charge in [-0.05, 0) is 31.0 Å². The van der Waals surface area contributed by atoms with Gasteiger partial charge < -0.3 is 10.2 Å². The summed E-state index contributed by atoms with van der Waals surface area (Å²) >= 11 is 6.11. The molecule has 0 saturated carbocycles. The minimum absolute atomic E-state index is 0.0845. The van der Waals surface area contributed by atoms with Gasteiger partial charge in [-0.3, -0.25) is 0 Å². The molecule has 2 aromatic carbocycles. The minimum Gasteiger partial charge on any atom is -0.334 e. The molecule has 2 aromatic rings. The third kappa shape index (κ3) is 4.50. The average Bonchev–Trinajstić information content (AvgIpc) is 2.52. The minimum atomic E-state index is -0.0845. The smallest absolute Gasteiger partial charge is 0.318 e. The largest absolute Gasteiger partial charge is 0.334 e. The van der Waals surface area contributed by atoms with E-state index in [0.717, 1.165) is 11.1 Å². The maximum absolute atomic E-state index is 12.4. The van der Waals surface area contributed by atoms with Crippen LogP contribution >= 0.6 is 11.6 Å². The van der Waals surface area contributed by atoms with Gasteiger partial charge >= 0.3 is 6.03 Å². The zero-order valence-electron chi connectivity index (χ0n) is 12.9. The summed E-state index contributed by atoms with van der Waals surface area (Å²) in [6, 6.07) is 17.6. The first-order valence-corrected chi connectivity index (χ1v) is 7.77. The number of hydrogen-bond acceptors (Lipinski definition) is 1. The lowest BCUT2D eigenvalue weighted by Gasteiger charge is -2.27. The van der Waals surface area contributed by atoms with Crippen LogP contribution in [0.3, 0.4) is 0 Å². The SMILES string of the molecule is CC(C)N(Cc1ccccc1)C(=O)NCc1ccccc1Cl. The molecule has 0 atom stereocenters. The van der Waals surface area contributed by atoms with Gasteiger partial charge in [-0.15, -0.1) is 0 Å².